The van der Waals surface area contributed by atoms with Crippen molar-refractivity contribution < 1.29 is 14.3 Å². The number of nitrogens with one attached hydrogen (secondary N) is 1. The Bertz CT molecular complexity index is 741. The summed E-state index contributed by atoms with van der Waals surface area (Å²) in [6.45, 7) is 4.66. The molecule has 152 valence electrons. The van der Waals surface area contributed by atoms with Gasteiger partial charge in [0.05, 0.1) is 13.0 Å². The number of benzene rings is 2. The topological polar surface area (TPSA) is 73.6 Å². The Labute approximate surface area is 173 Å². The molecule has 0 aromatic heterocycles. The van der Waals surface area contributed by atoms with E-state index in [0.717, 1.165) is 24.2 Å². The molecule has 1 saturated heterocycles. The highest BCUT2D eigenvalue weighted by molar-refractivity contribution is 5.85. The third-order valence-electron chi connectivity index (χ3n) is 5.20. The van der Waals surface area contributed by atoms with E-state index in [9.17, 15) is 4.79 Å². The highest BCUT2D eigenvalue weighted by atomic mass is 35.5. The zero-order chi connectivity index (χ0) is 19.1. The molecule has 1 heterocycles. The lowest BCUT2D eigenvalue weighted by Crippen LogP contribution is -2.45. The Kier molecular flexibility index (Phi) is 8.15. The third-order valence-corrected chi connectivity index (χ3v) is 5.20. The highest BCUT2D eigenvalue weighted by Crippen LogP contribution is 2.35. The summed E-state index contributed by atoms with van der Waals surface area (Å²) < 4.78 is 11.1. The number of nitrogen functional groups attached to an aromatic ring is 1. The first-order valence-corrected chi connectivity index (χ1v) is 9.53. The van der Waals surface area contributed by atoms with Crippen LogP contribution < -0.4 is 15.8 Å². The number of carbonyl (C=O) groups is 1. The molecule has 2 aromatic rings. The van der Waals surface area contributed by atoms with Crippen LogP contribution >= 0.6 is 12.4 Å². The maximum Gasteiger partial charge on any atom is 0.224 e. The summed E-state index contributed by atoms with van der Waals surface area (Å²) in [7, 11) is 0. The Balaban J connectivity index is 0.00000280. The third kappa shape index (κ3) is 5.63. The van der Waals surface area contributed by atoms with Crippen molar-refractivity contribution in [3.63, 3.8) is 0 Å². The van der Waals surface area contributed by atoms with Gasteiger partial charge < -0.3 is 20.5 Å². The Morgan fingerprint density at radius 2 is 1.75 bits per heavy atom. The number of anilines is 1. The molecule has 6 heteroatoms. The fourth-order valence-corrected chi connectivity index (χ4v) is 3.55. The van der Waals surface area contributed by atoms with E-state index in [1.54, 1.807) is 0 Å². The monoisotopic (exact) mass is 404 g/mol. The zero-order valence-electron chi connectivity index (χ0n) is 16.3. The minimum Gasteiger partial charge on any atom is -0.494 e. The average molecular weight is 405 g/mol. The molecule has 1 fully saturated rings. The van der Waals surface area contributed by atoms with Gasteiger partial charge in [0.25, 0.3) is 0 Å². The predicted molar refractivity (Wildman–Crippen MR) is 114 cm³/mol. The Morgan fingerprint density at radius 3 is 2.36 bits per heavy atom. The SMILES string of the molecule is CCOc1ccc(C2(CNC(=O)Cc3ccc(N)cc3)CCOCC2)cc1.Cl. The number of halogens is 1. The van der Waals surface area contributed by atoms with E-state index < -0.39 is 0 Å². The molecule has 0 saturated carbocycles. The first kappa shape index (κ1) is 22.1. The minimum atomic E-state index is -0.0974. The Morgan fingerprint density at radius 1 is 1.11 bits per heavy atom. The summed E-state index contributed by atoms with van der Waals surface area (Å²) in [5, 5.41) is 3.14. The maximum atomic E-state index is 12.5. The molecular formula is C22H29ClN2O3. The van der Waals surface area contributed by atoms with Crippen LogP contribution in [0.5, 0.6) is 5.75 Å². The van der Waals surface area contributed by atoms with Crippen molar-refractivity contribution in [3.8, 4) is 5.75 Å². The lowest BCUT2D eigenvalue weighted by atomic mass is 9.74. The van der Waals surface area contributed by atoms with E-state index in [1.165, 1.54) is 5.56 Å². The number of carbonyl (C=O) groups excluding carboxylic acids is 1. The van der Waals surface area contributed by atoms with Gasteiger partial charge in [-0.15, -0.1) is 12.4 Å². The zero-order valence-corrected chi connectivity index (χ0v) is 17.1. The van der Waals surface area contributed by atoms with Gasteiger partial charge in [-0.05, 0) is 55.2 Å². The van der Waals surface area contributed by atoms with Crippen LogP contribution in [0.25, 0.3) is 0 Å². The van der Waals surface area contributed by atoms with Crippen LogP contribution in [0.1, 0.15) is 30.9 Å². The average Bonchev–Trinajstić information content (AvgIpc) is 2.70. The summed E-state index contributed by atoms with van der Waals surface area (Å²) in [5.74, 6) is 0.896. The summed E-state index contributed by atoms with van der Waals surface area (Å²) in [5.41, 5.74) is 8.50. The molecule has 0 atom stereocenters. The fourth-order valence-electron chi connectivity index (χ4n) is 3.55. The number of rotatable bonds is 7. The highest BCUT2D eigenvalue weighted by Gasteiger charge is 2.34. The fraction of sp³-hybridized carbons (Fsp3) is 0.409. The number of nitrogens with two attached hydrogens (primary N) is 1. The predicted octanol–water partition coefficient (Wildman–Crippen LogP) is 3.50. The molecule has 1 aliphatic heterocycles. The lowest BCUT2D eigenvalue weighted by molar-refractivity contribution is -0.120. The largest absolute Gasteiger partial charge is 0.494 e. The lowest BCUT2D eigenvalue weighted by Gasteiger charge is -2.38. The van der Waals surface area contributed by atoms with Crippen LogP contribution in [0.2, 0.25) is 0 Å². The molecule has 3 rings (SSSR count). The molecule has 0 spiro atoms. The number of amides is 1. The van der Waals surface area contributed by atoms with Crippen molar-refractivity contribution in [1.82, 2.24) is 5.32 Å². The number of hydrogen-bond donors (Lipinski definition) is 2. The second-order valence-corrected chi connectivity index (χ2v) is 7.05. The van der Waals surface area contributed by atoms with Gasteiger partial charge in [0.15, 0.2) is 0 Å². The molecule has 1 aliphatic rings. The number of ether oxygens (including phenoxy) is 2. The van der Waals surface area contributed by atoms with Crippen LogP contribution in [-0.4, -0.2) is 32.3 Å². The van der Waals surface area contributed by atoms with Gasteiger partial charge >= 0.3 is 0 Å². The maximum absolute atomic E-state index is 12.5. The van der Waals surface area contributed by atoms with Gasteiger partial charge in [-0.1, -0.05) is 24.3 Å². The van der Waals surface area contributed by atoms with E-state index in [4.69, 9.17) is 15.2 Å². The standard InChI is InChI=1S/C22H28N2O3.ClH/c1-2-27-20-9-5-18(6-10-20)22(11-13-26-14-12-22)16-24-21(25)15-17-3-7-19(23)8-4-17;/h3-10H,2,11-16,23H2,1H3,(H,24,25);1H. The van der Waals surface area contributed by atoms with Crippen molar-refractivity contribution in [1.29, 1.82) is 0 Å². The summed E-state index contributed by atoms with van der Waals surface area (Å²) >= 11 is 0. The van der Waals surface area contributed by atoms with Gasteiger partial charge in [-0.3, -0.25) is 4.79 Å². The van der Waals surface area contributed by atoms with Crippen LogP contribution in [0, 0.1) is 0 Å². The second-order valence-electron chi connectivity index (χ2n) is 7.05. The molecule has 28 heavy (non-hydrogen) atoms. The van der Waals surface area contributed by atoms with Crippen molar-refractivity contribution >= 4 is 24.0 Å². The van der Waals surface area contributed by atoms with E-state index in [1.807, 2.05) is 43.3 Å². The van der Waals surface area contributed by atoms with Crippen LogP contribution in [-0.2, 0) is 21.4 Å². The number of hydrogen-bond acceptors (Lipinski definition) is 4. The van der Waals surface area contributed by atoms with E-state index in [2.05, 4.69) is 17.4 Å². The van der Waals surface area contributed by atoms with E-state index >= 15 is 0 Å². The van der Waals surface area contributed by atoms with E-state index in [-0.39, 0.29) is 23.7 Å². The van der Waals surface area contributed by atoms with Crippen molar-refractivity contribution in [3.05, 3.63) is 59.7 Å². The van der Waals surface area contributed by atoms with Crippen LogP contribution in [0.15, 0.2) is 48.5 Å². The molecule has 0 radical (unpaired) electrons. The van der Waals surface area contributed by atoms with Gasteiger partial charge in [0.2, 0.25) is 5.91 Å². The van der Waals surface area contributed by atoms with Gasteiger partial charge in [-0.25, -0.2) is 0 Å². The summed E-state index contributed by atoms with van der Waals surface area (Å²) in [6.07, 6.45) is 2.14. The molecule has 0 unspecified atom stereocenters. The first-order chi connectivity index (χ1) is 13.1. The molecule has 3 N–H and O–H groups in total. The summed E-state index contributed by atoms with van der Waals surface area (Å²) in [6, 6.07) is 15.7. The van der Waals surface area contributed by atoms with Crippen molar-refractivity contribution in [2.45, 2.75) is 31.6 Å². The smallest absolute Gasteiger partial charge is 0.224 e. The van der Waals surface area contributed by atoms with Gasteiger partial charge in [0.1, 0.15) is 5.75 Å². The van der Waals surface area contributed by atoms with Gasteiger partial charge in [-0.2, -0.15) is 0 Å². The first-order valence-electron chi connectivity index (χ1n) is 9.53. The van der Waals surface area contributed by atoms with Crippen LogP contribution in [0.4, 0.5) is 5.69 Å². The molecule has 1 amide bonds. The molecule has 0 aliphatic carbocycles. The second kappa shape index (κ2) is 10.3. The molecule has 5 nitrogen and oxygen atoms in total. The van der Waals surface area contributed by atoms with Crippen LogP contribution in [0.3, 0.4) is 0 Å². The quantitative estimate of drug-likeness (QED) is 0.693. The van der Waals surface area contributed by atoms with E-state index in [0.29, 0.717) is 38.5 Å². The Hall–Kier alpha value is -2.24. The minimum absolute atomic E-state index is 0. The molecule has 2 aromatic carbocycles. The summed E-state index contributed by atoms with van der Waals surface area (Å²) in [4.78, 5) is 12.5. The molecular weight excluding hydrogens is 376 g/mol. The van der Waals surface area contributed by atoms with Crippen molar-refractivity contribution in [2.24, 2.45) is 0 Å². The van der Waals surface area contributed by atoms with Gasteiger partial charge in [0, 0.05) is 30.9 Å². The van der Waals surface area contributed by atoms with Crippen molar-refractivity contribution in [2.75, 3.05) is 32.1 Å². The molecule has 0 bridgehead atoms. The normalized spacial score (nSPS) is 15.3.